The van der Waals surface area contributed by atoms with Crippen molar-refractivity contribution in [2.24, 2.45) is 0 Å². The van der Waals surface area contributed by atoms with Crippen LogP contribution in [0.4, 0.5) is 4.39 Å². The number of aliphatic hydroxyl groups excluding tert-OH is 3. The molecule has 1 rings (SSSR count). The third kappa shape index (κ3) is 1.51. The van der Waals surface area contributed by atoms with Gasteiger partial charge in [0.25, 0.3) is 0 Å². The van der Waals surface area contributed by atoms with Gasteiger partial charge in [0.1, 0.15) is 31.1 Å². The second kappa shape index (κ2) is 3.44. The van der Waals surface area contributed by atoms with Gasteiger partial charge in [-0.3, -0.25) is 0 Å². The normalized spacial score (nSPS) is 44.7. The van der Waals surface area contributed by atoms with Gasteiger partial charge in [0.15, 0.2) is 0 Å². The molecule has 4 atom stereocenters. The van der Waals surface area contributed by atoms with Crippen molar-refractivity contribution in [3.05, 3.63) is 0 Å². The van der Waals surface area contributed by atoms with Crippen LogP contribution in [0.15, 0.2) is 0 Å². The second-order valence-corrected chi connectivity index (χ2v) is 2.53. The molecule has 0 aliphatic carbocycles. The van der Waals surface area contributed by atoms with Crippen molar-refractivity contribution in [1.29, 1.82) is 0 Å². The fraction of sp³-hybridized carbons (Fsp3) is 1.00. The third-order valence-electron chi connectivity index (χ3n) is 1.79. The highest BCUT2D eigenvalue weighted by molar-refractivity contribution is 4.89. The van der Waals surface area contributed by atoms with Crippen LogP contribution in [0, 0.1) is 0 Å². The Bertz CT molecular complexity index is 114. The Hall–Kier alpha value is -0.230. The van der Waals surface area contributed by atoms with Crippen LogP contribution >= 0.6 is 0 Å². The van der Waals surface area contributed by atoms with Crippen molar-refractivity contribution in [1.82, 2.24) is 0 Å². The zero-order valence-corrected chi connectivity index (χ0v) is 5.85. The van der Waals surface area contributed by atoms with E-state index >= 15 is 0 Å². The number of hydrogen-bond donors (Lipinski definition) is 3. The van der Waals surface area contributed by atoms with E-state index in [1.54, 1.807) is 0 Å². The lowest BCUT2D eigenvalue weighted by atomic mass is 10.1. The van der Waals surface area contributed by atoms with Gasteiger partial charge < -0.3 is 20.1 Å². The van der Waals surface area contributed by atoms with Crippen molar-refractivity contribution in [2.75, 3.05) is 13.3 Å². The van der Waals surface area contributed by atoms with Crippen molar-refractivity contribution in [3.8, 4) is 0 Å². The standard InChI is InChI=1S/C6H11FO4/c7-1-3-5(9)6(10)4(2-8)11-3/h3-6,8-10H,1-2H2/t3-,4+,5+,6+/m0/s1. The summed E-state index contributed by atoms with van der Waals surface area (Å²) in [7, 11) is 0. The average molecular weight is 166 g/mol. The lowest BCUT2D eigenvalue weighted by molar-refractivity contribution is -0.0282. The first-order chi connectivity index (χ1) is 5.20. The molecular weight excluding hydrogens is 155 g/mol. The van der Waals surface area contributed by atoms with Crippen molar-refractivity contribution in [2.45, 2.75) is 24.4 Å². The smallest absolute Gasteiger partial charge is 0.118 e. The fourth-order valence-electron chi connectivity index (χ4n) is 1.10. The molecule has 0 radical (unpaired) electrons. The molecule has 0 saturated carbocycles. The molecule has 1 heterocycles. The Kier molecular flexibility index (Phi) is 2.78. The number of hydrogen-bond acceptors (Lipinski definition) is 4. The molecule has 0 aromatic heterocycles. The summed E-state index contributed by atoms with van der Waals surface area (Å²) in [6.45, 7) is -1.26. The number of ether oxygens (including phenoxy) is 1. The first-order valence-electron chi connectivity index (χ1n) is 3.39. The maximum atomic E-state index is 12.0. The van der Waals surface area contributed by atoms with E-state index in [0.29, 0.717) is 0 Å². The first kappa shape index (κ1) is 8.86. The summed E-state index contributed by atoms with van der Waals surface area (Å²) >= 11 is 0. The van der Waals surface area contributed by atoms with E-state index in [-0.39, 0.29) is 0 Å². The molecule has 1 aliphatic heterocycles. The van der Waals surface area contributed by atoms with Gasteiger partial charge >= 0.3 is 0 Å². The number of halogens is 1. The minimum Gasteiger partial charge on any atom is -0.394 e. The molecular formula is C6H11FO4. The van der Waals surface area contributed by atoms with Crippen molar-refractivity contribution < 1.29 is 24.4 Å². The average Bonchev–Trinajstić information content (AvgIpc) is 2.30. The van der Waals surface area contributed by atoms with Crippen molar-refractivity contribution in [3.63, 3.8) is 0 Å². The maximum absolute atomic E-state index is 12.0. The van der Waals surface area contributed by atoms with Crippen LogP contribution in [0.1, 0.15) is 0 Å². The largest absolute Gasteiger partial charge is 0.394 e. The Morgan fingerprint density at radius 1 is 1.18 bits per heavy atom. The molecule has 0 aromatic carbocycles. The summed E-state index contributed by atoms with van der Waals surface area (Å²) in [5.74, 6) is 0. The SMILES string of the molecule is OC[C@H]1O[C@@H](CF)[C@@H](O)[C@@H]1O. The molecule has 0 unspecified atom stereocenters. The fourth-order valence-corrected chi connectivity index (χ4v) is 1.10. The molecule has 11 heavy (non-hydrogen) atoms. The van der Waals surface area contributed by atoms with E-state index in [4.69, 9.17) is 20.1 Å². The molecule has 1 saturated heterocycles. The summed E-state index contributed by atoms with van der Waals surface area (Å²) in [5, 5.41) is 26.6. The van der Waals surface area contributed by atoms with Gasteiger partial charge in [-0.05, 0) is 0 Å². The van der Waals surface area contributed by atoms with Gasteiger partial charge in [-0.1, -0.05) is 0 Å². The summed E-state index contributed by atoms with van der Waals surface area (Å²) in [6, 6.07) is 0. The highest BCUT2D eigenvalue weighted by Gasteiger charge is 2.41. The molecule has 0 spiro atoms. The zero-order chi connectivity index (χ0) is 8.43. The third-order valence-corrected chi connectivity index (χ3v) is 1.79. The van der Waals surface area contributed by atoms with Gasteiger partial charge in [0.05, 0.1) is 6.61 Å². The minimum atomic E-state index is -1.22. The Morgan fingerprint density at radius 3 is 2.00 bits per heavy atom. The summed E-state index contributed by atoms with van der Waals surface area (Å²) in [6.07, 6.45) is -4.26. The molecule has 1 fully saturated rings. The molecule has 0 bridgehead atoms. The summed E-state index contributed by atoms with van der Waals surface area (Å²) in [4.78, 5) is 0. The van der Waals surface area contributed by atoms with E-state index < -0.39 is 37.7 Å². The van der Waals surface area contributed by atoms with Crippen LogP contribution in [-0.4, -0.2) is 53.0 Å². The van der Waals surface area contributed by atoms with Crippen LogP contribution in [0.25, 0.3) is 0 Å². The molecule has 66 valence electrons. The minimum absolute atomic E-state index is 0.408. The van der Waals surface area contributed by atoms with Gasteiger partial charge in [-0.25, -0.2) is 4.39 Å². The van der Waals surface area contributed by atoms with Crippen molar-refractivity contribution >= 4 is 0 Å². The zero-order valence-electron chi connectivity index (χ0n) is 5.85. The van der Waals surface area contributed by atoms with E-state index in [9.17, 15) is 4.39 Å². The highest BCUT2D eigenvalue weighted by atomic mass is 19.1. The predicted octanol–water partition coefficient (Wildman–Crippen LogP) is -1.56. The lowest BCUT2D eigenvalue weighted by Gasteiger charge is -2.10. The summed E-state index contributed by atoms with van der Waals surface area (Å²) < 4.78 is 16.7. The Balaban J connectivity index is 2.53. The van der Waals surface area contributed by atoms with Crippen LogP contribution in [0.5, 0.6) is 0 Å². The molecule has 5 heteroatoms. The van der Waals surface area contributed by atoms with E-state index in [0.717, 1.165) is 0 Å². The van der Waals surface area contributed by atoms with E-state index in [1.807, 2.05) is 0 Å². The quantitative estimate of drug-likeness (QED) is 0.464. The molecule has 0 amide bonds. The molecule has 1 aliphatic rings. The van der Waals surface area contributed by atoms with Gasteiger partial charge in [-0.15, -0.1) is 0 Å². The van der Waals surface area contributed by atoms with E-state index in [2.05, 4.69) is 0 Å². The first-order valence-corrected chi connectivity index (χ1v) is 3.39. The number of alkyl halides is 1. The monoisotopic (exact) mass is 166 g/mol. The van der Waals surface area contributed by atoms with Crippen LogP contribution in [0.3, 0.4) is 0 Å². The van der Waals surface area contributed by atoms with Gasteiger partial charge in [0.2, 0.25) is 0 Å². The maximum Gasteiger partial charge on any atom is 0.118 e. The molecule has 0 aromatic rings. The van der Waals surface area contributed by atoms with Gasteiger partial charge in [-0.2, -0.15) is 0 Å². The number of rotatable bonds is 2. The lowest BCUT2D eigenvalue weighted by Crippen LogP contribution is -2.34. The molecule has 3 N–H and O–H groups in total. The van der Waals surface area contributed by atoms with Gasteiger partial charge in [0, 0.05) is 0 Å². The Morgan fingerprint density at radius 2 is 1.73 bits per heavy atom. The molecule has 4 nitrogen and oxygen atoms in total. The predicted molar refractivity (Wildman–Crippen MR) is 33.7 cm³/mol. The highest BCUT2D eigenvalue weighted by Crippen LogP contribution is 2.20. The summed E-state index contributed by atoms with van der Waals surface area (Å²) in [5.41, 5.74) is 0. The topological polar surface area (TPSA) is 69.9 Å². The number of aliphatic hydroxyl groups is 3. The van der Waals surface area contributed by atoms with E-state index in [1.165, 1.54) is 0 Å². The Labute approximate surface area is 63.2 Å². The van der Waals surface area contributed by atoms with Crippen LogP contribution < -0.4 is 0 Å². The second-order valence-electron chi connectivity index (χ2n) is 2.53. The van der Waals surface area contributed by atoms with Crippen LogP contribution in [0.2, 0.25) is 0 Å². The van der Waals surface area contributed by atoms with Crippen LogP contribution in [-0.2, 0) is 4.74 Å².